The number of H-pyrrole nitrogens is 1. The van der Waals surface area contributed by atoms with Crippen LogP contribution in [0.4, 0.5) is 13.2 Å². The van der Waals surface area contributed by atoms with Gasteiger partial charge in [0.05, 0.1) is 28.6 Å². The maximum absolute atomic E-state index is 12.8. The van der Waals surface area contributed by atoms with Gasteiger partial charge in [0.25, 0.3) is 0 Å². The van der Waals surface area contributed by atoms with E-state index in [2.05, 4.69) is 15.0 Å². The molecule has 0 spiro atoms. The normalized spacial score (nSPS) is 12.2. The lowest BCUT2D eigenvalue weighted by atomic mass is 10.2. The minimum Gasteiger partial charge on any atom is -0.463 e. The minimum absolute atomic E-state index is 0.351. The van der Waals surface area contributed by atoms with Gasteiger partial charge in [-0.1, -0.05) is 17.8 Å². The van der Waals surface area contributed by atoms with Crippen LogP contribution < -0.4 is 4.74 Å². The van der Waals surface area contributed by atoms with Crippen molar-refractivity contribution in [2.24, 2.45) is 0 Å². The number of imidazole rings is 1. The molecule has 0 aliphatic carbocycles. The second kappa shape index (κ2) is 7.18. The number of halogens is 3. The predicted molar refractivity (Wildman–Crippen MR) is 90.3 cm³/mol. The molecule has 0 aliphatic rings. The molecule has 4 nitrogen and oxygen atoms in total. The number of aromatic amines is 1. The first-order chi connectivity index (χ1) is 12.0. The molecule has 0 unspecified atom stereocenters. The largest absolute Gasteiger partial charge is 0.463 e. The summed E-state index contributed by atoms with van der Waals surface area (Å²) in [4.78, 5) is 11.5. The van der Waals surface area contributed by atoms with Gasteiger partial charge < -0.3 is 9.72 Å². The van der Waals surface area contributed by atoms with E-state index in [9.17, 15) is 13.2 Å². The van der Waals surface area contributed by atoms with Crippen molar-refractivity contribution in [3.05, 3.63) is 60.1 Å². The lowest BCUT2D eigenvalue weighted by Crippen LogP contribution is -2.04. The number of nitrogens with zero attached hydrogens (tertiary/aromatic N) is 2. The van der Waals surface area contributed by atoms with Crippen LogP contribution in [0.2, 0.25) is 0 Å². The van der Waals surface area contributed by atoms with Crippen LogP contribution in [0.1, 0.15) is 18.2 Å². The second-order valence-electron chi connectivity index (χ2n) is 5.10. The molecule has 0 bridgehead atoms. The Morgan fingerprint density at radius 2 is 2.12 bits per heavy atom. The average molecular weight is 365 g/mol. The monoisotopic (exact) mass is 365 g/mol. The van der Waals surface area contributed by atoms with E-state index in [0.29, 0.717) is 27.7 Å². The molecule has 3 rings (SSSR count). The molecule has 2 aromatic heterocycles. The lowest BCUT2D eigenvalue weighted by molar-refractivity contribution is -0.137. The van der Waals surface area contributed by atoms with Gasteiger partial charge in [-0.2, -0.15) is 13.2 Å². The molecule has 0 atom stereocenters. The average Bonchev–Trinajstić information content (AvgIpc) is 3.00. The molecular weight excluding hydrogens is 351 g/mol. The van der Waals surface area contributed by atoms with Gasteiger partial charge in [0.2, 0.25) is 0 Å². The maximum Gasteiger partial charge on any atom is 0.416 e. The maximum atomic E-state index is 12.8. The zero-order valence-corrected chi connectivity index (χ0v) is 14.0. The first-order valence-electron chi connectivity index (χ1n) is 7.39. The third-order valence-corrected chi connectivity index (χ3v) is 4.20. The summed E-state index contributed by atoms with van der Waals surface area (Å²) in [6.45, 7) is 1.84. The Bertz CT molecular complexity index is 906. The summed E-state index contributed by atoms with van der Waals surface area (Å²) in [5, 5.41) is 0.525. The Morgan fingerprint density at radius 3 is 2.88 bits per heavy atom. The van der Waals surface area contributed by atoms with E-state index in [4.69, 9.17) is 4.74 Å². The Kier molecular flexibility index (Phi) is 4.98. The van der Waals surface area contributed by atoms with Gasteiger partial charge in [-0.3, -0.25) is 4.98 Å². The minimum atomic E-state index is -4.38. The first-order valence-corrected chi connectivity index (χ1v) is 8.37. The molecule has 3 aromatic rings. The zero-order chi connectivity index (χ0) is 17.9. The fourth-order valence-corrected chi connectivity index (χ4v) is 2.98. The number of nitrogens with one attached hydrogen (secondary N) is 1. The quantitative estimate of drug-likeness (QED) is 0.500. The number of benzene rings is 1. The Labute approximate surface area is 146 Å². The van der Waals surface area contributed by atoms with Gasteiger partial charge >= 0.3 is 6.18 Å². The molecular formula is C17H14F3N3OS. The molecule has 130 valence electrons. The highest BCUT2D eigenvalue weighted by Crippen LogP contribution is 2.32. The van der Waals surface area contributed by atoms with Crippen LogP contribution in [-0.4, -0.2) is 15.0 Å². The van der Waals surface area contributed by atoms with E-state index in [1.165, 1.54) is 17.8 Å². The van der Waals surface area contributed by atoms with E-state index in [1.807, 2.05) is 6.92 Å². The third kappa shape index (κ3) is 4.14. The number of ether oxygens (including phenoxy) is 1. The highest BCUT2D eigenvalue weighted by Gasteiger charge is 2.30. The Hall–Kier alpha value is -2.48. The molecule has 8 heteroatoms. The van der Waals surface area contributed by atoms with E-state index in [1.54, 1.807) is 30.7 Å². The van der Waals surface area contributed by atoms with E-state index >= 15 is 0 Å². The molecule has 0 fully saturated rings. The van der Waals surface area contributed by atoms with Gasteiger partial charge in [-0.15, -0.1) is 0 Å². The Balaban J connectivity index is 1.78. The van der Waals surface area contributed by atoms with Crippen LogP contribution in [0.3, 0.4) is 0 Å². The summed E-state index contributed by atoms with van der Waals surface area (Å²) in [6, 6.07) is 7.03. The summed E-state index contributed by atoms with van der Waals surface area (Å²) in [5.41, 5.74) is 0.861. The number of alkyl halides is 3. The van der Waals surface area contributed by atoms with Crippen LogP contribution in [0.25, 0.3) is 11.0 Å². The summed E-state index contributed by atoms with van der Waals surface area (Å²) in [6.07, 6.45) is 0.610. The van der Waals surface area contributed by atoms with Crippen LogP contribution in [0.15, 0.2) is 54.0 Å². The van der Waals surface area contributed by atoms with Gasteiger partial charge in [-0.25, -0.2) is 4.98 Å². The standard InChI is InChI=1S/C17H14F3N3OS/c1-2-8-24-15-4-3-7-21-14(15)10-25-16-22-12-6-5-11(17(18,19)20)9-13(12)23-16/h2-9H,10H2,1H3,(H,22,23). The molecule has 0 saturated heterocycles. The SMILES string of the molecule is CC=COc1cccnc1CSc1nc2ccc(C(F)(F)F)cc2[nH]1. The summed E-state index contributed by atoms with van der Waals surface area (Å²) in [7, 11) is 0. The van der Waals surface area contributed by atoms with Crippen LogP contribution >= 0.6 is 11.8 Å². The van der Waals surface area contributed by atoms with Crippen molar-refractivity contribution in [2.75, 3.05) is 0 Å². The molecule has 1 N–H and O–H groups in total. The van der Waals surface area contributed by atoms with Gasteiger partial charge in [0, 0.05) is 11.9 Å². The summed E-state index contributed by atoms with van der Waals surface area (Å²) >= 11 is 1.35. The molecule has 2 heterocycles. The van der Waals surface area contributed by atoms with Crippen LogP contribution in [0.5, 0.6) is 5.75 Å². The van der Waals surface area contributed by atoms with Gasteiger partial charge in [0.1, 0.15) is 5.75 Å². The van der Waals surface area contributed by atoms with Crippen molar-refractivity contribution in [1.82, 2.24) is 15.0 Å². The topological polar surface area (TPSA) is 50.8 Å². The molecule has 1 aromatic carbocycles. The molecule has 0 saturated carbocycles. The number of pyridine rings is 1. The predicted octanol–water partition coefficient (Wildman–Crippen LogP) is 5.18. The smallest absolute Gasteiger partial charge is 0.416 e. The number of rotatable bonds is 5. The van der Waals surface area contributed by atoms with Gasteiger partial charge in [-0.05, 0) is 37.3 Å². The van der Waals surface area contributed by atoms with Crippen molar-refractivity contribution < 1.29 is 17.9 Å². The number of thioether (sulfide) groups is 1. The van der Waals surface area contributed by atoms with Crippen molar-refractivity contribution in [3.8, 4) is 5.75 Å². The molecule has 0 amide bonds. The Morgan fingerprint density at radius 1 is 1.28 bits per heavy atom. The first kappa shape index (κ1) is 17.3. The number of hydrogen-bond acceptors (Lipinski definition) is 4. The second-order valence-corrected chi connectivity index (χ2v) is 6.06. The van der Waals surface area contributed by atoms with Gasteiger partial charge in [0.15, 0.2) is 5.16 Å². The van der Waals surface area contributed by atoms with Crippen molar-refractivity contribution in [3.63, 3.8) is 0 Å². The number of aromatic nitrogens is 3. The van der Waals surface area contributed by atoms with Crippen molar-refractivity contribution in [1.29, 1.82) is 0 Å². The van der Waals surface area contributed by atoms with Crippen LogP contribution in [0, 0.1) is 0 Å². The molecule has 25 heavy (non-hydrogen) atoms. The summed E-state index contributed by atoms with van der Waals surface area (Å²) in [5.74, 6) is 1.10. The molecule has 0 aliphatic heterocycles. The van der Waals surface area contributed by atoms with E-state index in [-0.39, 0.29) is 0 Å². The fraction of sp³-hybridized carbons (Fsp3) is 0.176. The van der Waals surface area contributed by atoms with Crippen LogP contribution in [-0.2, 0) is 11.9 Å². The highest BCUT2D eigenvalue weighted by atomic mass is 32.2. The number of hydrogen-bond donors (Lipinski definition) is 1. The third-order valence-electron chi connectivity index (χ3n) is 3.31. The number of fused-ring (bicyclic) bond motifs is 1. The highest BCUT2D eigenvalue weighted by molar-refractivity contribution is 7.98. The lowest BCUT2D eigenvalue weighted by Gasteiger charge is -2.05. The number of allylic oxidation sites excluding steroid dienone is 1. The fourth-order valence-electron chi connectivity index (χ4n) is 2.15. The zero-order valence-electron chi connectivity index (χ0n) is 13.2. The van der Waals surface area contributed by atoms with Crippen molar-refractivity contribution in [2.45, 2.75) is 24.0 Å². The van der Waals surface area contributed by atoms with E-state index < -0.39 is 11.7 Å². The molecule has 0 radical (unpaired) electrons. The van der Waals surface area contributed by atoms with Crippen molar-refractivity contribution >= 4 is 22.8 Å². The van der Waals surface area contributed by atoms with E-state index in [0.717, 1.165) is 17.8 Å². The summed E-state index contributed by atoms with van der Waals surface area (Å²) < 4.78 is 43.8.